The highest BCUT2D eigenvalue weighted by Crippen LogP contribution is 2.22. The molecule has 1 atom stereocenters. The standard InChI is InChI=1S/C19H23N3O5S2/c1-15(20-17(23)14-27-16-6-3-2-4-7-16)19(24)21-9-11-22(12-10-21)29(25,26)18-8-5-13-28-18/h2-8,13,15H,9-12,14H2,1H3,(H,20,23)/t15-/m1/s1. The topological polar surface area (TPSA) is 96.0 Å². The van der Waals surface area contributed by atoms with E-state index in [9.17, 15) is 18.0 Å². The molecule has 0 unspecified atom stereocenters. The Morgan fingerprint density at radius 2 is 1.79 bits per heavy atom. The lowest BCUT2D eigenvalue weighted by atomic mass is 10.2. The van der Waals surface area contributed by atoms with Crippen molar-refractivity contribution in [3.8, 4) is 5.75 Å². The highest BCUT2D eigenvalue weighted by Gasteiger charge is 2.32. The second-order valence-corrected chi connectivity index (χ2v) is 9.66. The predicted octanol–water partition coefficient (Wildman–Crippen LogP) is 1.16. The molecule has 0 aliphatic carbocycles. The van der Waals surface area contributed by atoms with Gasteiger partial charge < -0.3 is 15.0 Å². The van der Waals surface area contributed by atoms with E-state index in [0.29, 0.717) is 9.96 Å². The van der Waals surface area contributed by atoms with Crippen molar-refractivity contribution < 1.29 is 22.7 Å². The van der Waals surface area contributed by atoms with Crippen LogP contribution in [0.1, 0.15) is 6.92 Å². The van der Waals surface area contributed by atoms with Crippen LogP contribution in [0.5, 0.6) is 5.75 Å². The summed E-state index contributed by atoms with van der Waals surface area (Å²) in [4.78, 5) is 26.2. The summed E-state index contributed by atoms with van der Waals surface area (Å²) < 4.78 is 32.2. The first-order valence-corrected chi connectivity index (χ1v) is 11.5. The molecule has 1 saturated heterocycles. The van der Waals surface area contributed by atoms with Gasteiger partial charge in [-0.15, -0.1) is 11.3 Å². The molecule has 8 nitrogen and oxygen atoms in total. The Morgan fingerprint density at radius 1 is 1.10 bits per heavy atom. The molecule has 0 radical (unpaired) electrons. The molecule has 2 aromatic rings. The smallest absolute Gasteiger partial charge is 0.258 e. The summed E-state index contributed by atoms with van der Waals surface area (Å²) in [6, 6.07) is 11.5. The monoisotopic (exact) mass is 437 g/mol. The van der Waals surface area contributed by atoms with Gasteiger partial charge in [0.05, 0.1) is 0 Å². The van der Waals surface area contributed by atoms with Crippen LogP contribution >= 0.6 is 11.3 Å². The molecule has 0 saturated carbocycles. The van der Waals surface area contributed by atoms with E-state index in [1.165, 1.54) is 15.6 Å². The molecule has 0 spiro atoms. The van der Waals surface area contributed by atoms with Crippen molar-refractivity contribution in [2.45, 2.75) is 17.2 Å². The Kier molecular flexibility index (Phi) is 6.88. The van der Waals surface area contributed by atoms with Crippen LogP contribution in [0.25, 0.3) is 0 Å². The Balaban J connectivity index is 1.46. The molecule has 1 fully saturated rings. The van der Waals surface area contributed by atoms with Crippen LogP contribution in [0.2, 0.25) is 0 Å². The third-order valence-electron chi connectivity index (χ3n) is 4.50. The van der Waals surface area contributed by atoms with Crippen molar-refractivity contribution >= 4 is 33.2 Å². The number of benzene rings is 1. The maximum Gasteiger partial charge on any atom is 0.258 e. The molecule has 29 heavy (non-hydrogen) atoms. The molecule has 1 aliphatic heterocycles. The van der Waals surface area contributed by atoms with Crippen LogP contribution in [0, 0.1) is 0 Å². The second kappa shape index (κ2) is 9.38. The summed E-state index contributed by atoms with van der Waals surface area (Å²) >= 11 is 1.18. The number of hydrogen-bond acceptors (Lipinski definition) is 6. The van der Waals surface area contributed by atoms with Crippen LogP contribution in [0.3, 0.4) is 0 Å². The van der Waals surface area contributed by atoms with Crippen molar-refractivity contribution in [2.24, 2.45) is 0 Å². The molecule has 2 amide bonds. The Labute approximate surface area is 174 Å². The zero-order valence-corrected chi connectivity index (χ0v) is 17.6. The maximum atomic E-state index is 12.6. The van der Waals surface area contributed by atoms with Crippen LogP contribution in [-0.4, -0.2) is 68.3 Å². The van der Waals surface area contributed by atoms with E-state index >= 15 is 0 Å². The fourth-order valence-electron chi connectivity index (χ4n) is 2.97. The van der Waals surface area contributed by atoms with E-state index in [1.807, 2.05) is 6.07 Å². The Bertz CT molecular complexity index is 924. The Hall–Kier alpha value is -2.43. The number of nitrogens with one attached hydrogen (secondary N) is 1. The minimum absolute atomic E-state index is 0.186. The van der Waals surface area contributed by atoms with E-state index < -0.39 is 22.0 Å². The molecule has 3 rings (SSSR count). The number of nitrogens with zero attached hydrogens (tertiary/aromatic N) is 2. The van der Waals surface area contributed by atoms with E-state index in [1.54, 1.807) is 53.6 Å². The minimum atomic E-state index is -3.51. The molecule has 1 aromatic carbocycles. The highest BCUT2D eigenvalue weighted by atomic mass is 32.2. The molecule has 0 bridgehead atoms. The van der Waals surface area contributed by atoms with Gasteiger partial charge in [0.1, 0.15) is 16.0 Å². The van der Waals surface area contributed by atoms with Crippen molar-refractivity contribution in [1.29, 1.82) is 0 Å². The van der Waals surface area contributed by atoms with Crippen molar-refractivity contribution in [3.63, 3.8) is 0 Å². The van der Waals surface area contributed by atoms with Gasteiger partial charge in [-0.3, -0.25) is 9.59 Å². The molecule has 2 heterocycles. The SMILES string of the molecule is C[C@@H](NC(=O)COc1ccccc1)C(=O)N1CCN(S(=O)(=O)c2cccs2)CC1. The average Bonchev–Trinajstić information content (AvgIpc) is 3.28. The molecule has 1 aromatic heterocycles. The molecular weight excluding hydrogens is 414 g/mol. The molecule has 156 valence electrons. The third kappa shape index (κ3) is 5.34. The van der Waals surface area contributed by atoms with E-state index in [-0.39, 0.29) is 38.7 Å². The number of amides is 2. The van der Waals surface area contributed by atoms with Crippen molar-refractivity contribution in [1.82, 2.24) is 14.5 Å². The van der Waals surface area contributed by atoms with Gasteiger partial charge in [-0.25, -0.2) is 8.42 Å². The molecular formula is C19H23N3O5S2. The summed E-state index contributed by atoms with van der Waals surface area (Å²) in [5.74, 6) is -0.0652. The van der Waals surface area contributed by atoms with Gasteiger partial charge in [0.2, 0.25) is 5.91 Å². The highest BCUT2D eigenvalue weighted by molar-refractivity contribution is 7.91. The fraction of sp³-hybridized carbons (Fsp3) is 0.368. The lowest BCUT2D eigenvalue weighted by Crippen LogP contribution is -2.55. The van der Waals surface area contributed by atoms with Gasteiger partial charge in [-0.2, -0.15) is 4.31 Å². The van der Waals surface area contributed by atoms with Gasteiger partial charge in [0.15, 0.2) is 6.61 Å². The lowest BCUT2D eigenvalue weighted by molar-refractivity contribution is -0.137. The normalized spacial score (nSPS) is 16.2. The first-order chi connectivity index (χ1) is 13.9. The lowest BCUT2D eigenvalue weighted by Gasteiger charge is -2.35. The maximum absolute atomic E-state index is 12.6. The largest absolute Gasteiger partial charge is 0.484 e. The summed E-state index contributed by atoms with van der Waals surface area (Å²) in [6.45, 7) is 2.44. The van der Waals surface area contributed by atoms with Gasteiger partial charge in [0.25, 0.3) is 15.9 Å². The molecule has 1 N–H and O–H groups in total. The number of hydrogen-bond donors (Lipinski definition) is 1. The van der Waals surface area contributed by atoms with Crippen molar-refractivity contribution in [2.75, 3.05) is 32.8 Å². The number of carbonyl (C=O) groups excluding carboxylic acids is 2. The van der Waals surface area contributed by atoms with Crippen molar-refractivity contribution in [3.05, 3.63) is 47.8 Å². The predicted molar refractivity (Wildman–Crippen MR) is 109 cm³/mol. The van der Waals surface area contributed by atoms with Gasteiger partial charge in [-0.05, 0) is 30.5 Å². The molecule has 10 heteroatoms. The van der Waals surface area contributed by atoms with E-state index in [0.717, 1.165) is 0 Å². The number of carbonyl (C=O) groups is 2. The summed E-state index contributed by atoms with van der Waals surface area (Å²) in [5.41, 5.74) is 0. The number of para-hydroxylation sites is 1. The van der Waals surface area contributed by atoms with Crippen LogP contribution in [-0.2, 0) is 19.6 Å². The molecule has 1 aliphatic rings. The second-order valence-electron chi connectivity index (χ2n) is 6.55. The quantitative estimate of drug-likeness (QED) is 0.701. The third-order valence-corrected chi connectivity index (χ3v) is 7.77. The summed E-state index contributed by atoms with van der Waals surface area (Å²) in [7, 11) is -3.51. The summed E-state index contributed by atoms with van der Waals surface area (Å²) in [5, 5.41) is 4.35. The fourth-order valence-corrected chi connectivity index (χ4v) is 5.54. The van der Waals surface area contributed by atoms with Gasteiger partial charge >= 0.3 is 0 Å². The van der Waals surface area contributed by atoms with Crippen LogP contribution in [0.15, 0.2) is 52.1 Å². The number of piperazine rings is 1. The zero-order chi connectivity index (χ0) is 20.9. The van der Waals surface area contributed by atoms with Gasteiger partial charge in [0, 0.05) is 26.2 Å². The number of sulfonamides is 1. The Morgan fingerprint density at radius 3 is 2.41 bits per heavy atom. The first-order valence-electron chi connectivity index (χ1n) is 9.17. The number of ether oxygens (including phenoxy) is 1. The number of thiophene rings is 1. The van der Waals surface area contributed by atoms with E-state index in [2.05, 4.69) is 5.32 Å². The first kappa shape index (κ1) is 21.3. The van der Waals surface area contributed by atoms with E-state index in [4.69, 9.17) is 4.74 Å². The summed E-state index contributed by atoms with van der Waals surface area (Å²) in [6.07, 6.45) is 0. The van der Waals surface area contributed by atoms with Gasteiger partial charge in [-0.1, -0.05) is 24.3 Å². The van der Waals surface area contributed by atoms with Crippen LogP contribution in [0.4, 0.5) is 0 Å². The zero-order valence-electron chi connectivity index (χ0n) is 16.0. The minimum Gasteiger partial charge on any atom is -0.484 e. The van der Waals surface area contributed by atoms with Crippen LogP contribution < -0.4 is 10.1 Å². The number of rotatable bonds is 7. The average molecular weight is 438 g/mol.